The maximum absolute atomic E-state index is 12.3. The van der Waals surface area contributed by atoms with Crippen LogP contribution in [0.15, 0.2) is 30.3 Å². The van der Waals surface area contributed by atoms with Crippen LogP contribution in [-0.2, 0) is 11.3 Å². The Hall–Kier alpha value is -1.06. The smallest absolute Gasteiger partial charge is 0.228 e. The van der Waals surface area contributed by atoms with Crippen LogP contribution in [0.2, 0.25) is 0 Å². The van der Waals surface area contributed by atoms with Crippen LogP contribution in [-0.4, -0.2) is 29.9 Å². The Kier molecular flexibility index (Phi) is 5.63. The van der Waals surface area contributed by atoms with Gasteiger partial charge >= 0.3 is 0 Å². The number of carbonyl (C=O) groups is 1. The summed E-state index contributed by atoms with van der Waals surface area (Å²) in [4.78, 5) is 14.2. The average Bonchev–Trinajstić information content (AvgIpc) is 2.24. The lowest BCUT2D eigenvalue weighted by Gasteiger charge is -2.34. The van der Waals surface area contributed by atoms with Crippen molar-refractivity contribution >= 4 is 18.3 Å². The molecule has 0 unspecified atom stereocenters. The summed E-state index contributed by atoms with van der Waals surface area (Å²) in [6.07, 6.45) is 0. The second-order valence-electron chi connectivity index (χ2n) is 4.90. The summed E-state index contributed by atoms with van der Waals surface area (Å²) in [6, 6.07) is 10.4. The van der Waals surface area contributed by atoms with E-state index in [-0.39, 0.29) is 30.3 Å². The zero-order valence-electron chi connectivity index (χ0n) is 10.9. The minimum absolute atomic E-state index is 0. The van der Waals surface area contributed by atoms with E-state index < -0.39 is 0 Å². The normalized spacial score (nSPS) is 14.8. The number of nitrogens with one attached hydrogen (secondary N) is 1. The van der Waals surface area contributed by atoms with Gasteiger partial charge in [-0.05, 0) is 19.4 Å². The largest absolute Gasteiger partial charge is 0.336 e. The number of nitrogens with zero attached hydrogens (tertiary/aromatic N) is 1. The van der Waals surface area contributed by atoms with Crippen LogP contribution in [0.25, 0.3) is 0 Å². The van der Waals surface area contributed by atoms with Crippen molar-refractivity contribution in [3.05, 3.63) is 35.9 Å². The Morgan fingerprint density at radius 2 is 1.94 bits per heavy atom. The van der Waals surface area contributed by atoms with Crippen LogP contribution >= 0.6 is 12.4 Å². The first kappa shape index (κ1) is 15.0. The van der Waals surface area contributed by atoms with Gasteiger partial charge in [-0.3, -0.25) is 4.79 Å². The summed E-state index contributed by atoms with van der Waals surface area (Å²) >= 11 is 0. The summed E-state index contributed by atoms with van der Waals surface area (Å²) in [7, 11) is 0. The lowest BCUT2D eigenvalue weighted by molar-refractivity contribution is -0.139. The van der Waals surface area contributed by atoms with Crippen molar-refractivity contribution in [1.82, 2.24) is 10.2 Å². The zero-order valence-corrected chi connectivity index (χ0v) is 11.7. The Balaban J connectivity index is 0.00000162. The van der Waals surface area contributed by atoms with Gasteiger partial charge in [-0.15, -0.1) is 12.4 Å². The molecule has 1 N–H and O–H groups in total. The molecule has 1 aromatic rings. The van der Waals surface area contributed by atoms with Crippen LogP contribution in [0.1, 0.15) is 19.4 Å². The SMILES string of the molecule is CC(C)N(Cc1ccccc1)C(=O)C1CNC1.Cl. The summed E-state index contributed by atoms with van der Waals surface area (Å²) in [5.41, 5.74) is 1.20. The van der Waals surface area contributed by atoms with Gasteiger partial charge in [-0.25, -0.2) is 0 Å². The van der Waals surface area contributed by atoms with E-state index in [0.29, 0.717) is 6.54 Å². The molecule has 1 aliphatic heterocycles. The molecule has 0 aromatic heterocycles. The van der Waals surface area contributed by atoms with Crippen molar-refractivity contribution in [1.29, 1.82) is 0 Å². The number of halogens is 1. The second kappa shape index (κ2) is 6.76. The lowest BCUT2D eigenvalue weighted by Crippen LogP contribution is -2.53. The third-order valence-corrected chi connectivity index (χ3v) is 3.23. The van der Waals surface area contributed by atoms with Crippen LogP contribution in [0.3, 0.4) is 0 Å². The zero-order chi connectivity index (χ0) is 12.3. The maximum Gasteiger partial charge on any atom is 0.228 e. The Labute approximate surface area is 115 Å². The standard InChI is InChI=1S/C14H20N2O.ClH/c1-11(2)16(14(17)13-8-15-9-13)10-12-6-4-3-5-7-12;/h3-7,11,13,15H,8-10H2,1-2H3;1H. The van der Waals surface area contributed by atoms with Crippen LogP contribution in [0.5, 0.6) is 0 Å². The Morgan fingerprint density at radius 3 is 2.39 bits per heavy atom. The van der Waals surface area contributed by atoms with Gasteiger partial charge in [0.05, 0.1) is 5.92 Å². The minimum Gasteiger partial charge on any atom is -0.336 e. The first-order valence-electron chi connectivity index (χ1n) is 6.23. The molecule has 4 heteroatoms. The van der Waals surface area contributed by atoms with Crippen LogP contribution in [0.4, 0.5) is 0 Å². The predicted octanol–water partition coefficient (Wildman–Crippen LogP) is 2.06. The van der Waals surface area contributed by atoms with E-state index in [0.717, 1.165) is 13.1 Å². The van der Waals surface area contributed by atoms with E-state index in [2.05, 4.69) is 31.3 Å². The highest BCUT2D eigenvalue weighted by Crippen LogP contribution is 2.14. The molecule has 0 atom stereocenters. The molecule has 1 amide bonds. The van der Waals surface area contributed by atoms with Crippen molar-refractivity contribution in [2.75, 3.05) is 13.1 Å². The van der Waals surface area contributed by atoms with Crippen molar-refractivity contribution in [2.45, 2.75) is 26.4 Å². The highest BCUT2D eigenvalue weighted by molar-refractivity contribution is 5.85. The van der Waals surface area contributed by atoms with Crippen LogP contribution in [0, 0.1) is 5.92 Å². The van der Waals surface area contributed by atoms with E-state index in [9.17, 15) is 4.79 Å². The number of carbonyl (C=O) groups excluding carboxylic acids is 1. The molecule has 0 aliphatic carbocycles. The first-order valence-corrected chi connectivity index (χ1v) is 6.23. The molecule has 0 spiro atoms. The van der Waals surface area contributed by atoms with Gasteiger partial charge in [-0.2, -0.15) is 0 Å². The number of hydrogen-bond acceptors (Lipinski definition) is 2. The summed E-state index contributed by atoms with van der Waals surface area (Å²) in [6.45, 7) is 6.53. The molecule has 100 valence electrons. The van der Waals surface area contributed by atoms with Gasteiger partial charge in [0.15, 0.2) is 0 Å². The molecule has 0 radical (unpaired) electrons. The van der Waals surface area contributed by atoms with Gasteiger partial charge in [0, 0.05) is 25.7 Å². The number of rotatable bonds is 4. The van der Waals surface area contributed by atoms with Crippen molar-refractivity contribution < 1.29 is 4.79 Å². The predicted molar refractivity (Wildman–Crippen MR) is 75.7 cm³/mol. The molecule has 18 heavy (non-hydrogen) atoms. The second-order valence-corrected chi connectivity index (χ2v) is 4.90. The Bertz CT molecular complexity index is 377. The van der Waals surface area contributed by atoms with Gasteiger partial charge < -0.3 is 10.2 Å². The van der Waals surface area contributed by atoms with E-state index in [1.54, 1.807) is 0 Å². The van der Waals surface area contributed by atoms with Gasteiger partial charge in [0.25, 0.3) is 0 Å². The quantitative estimate of drug-likeness (QED) is 0.907. The summed E-state index contributed by atoms with van der Waals surface area (Å²) in [5, 5.41) is 3.15. The lowest BCUT2D eigenvalue weighted by atomic mass is 10.0. The molecule has 3 nitrogen and oxygen atoms in total. The van der Waals surface area contributed by atoms with Gasteiger partial charge in [0.2, 0.25) is 5.91 Å². The fourth-order valence-corrected chi connectivity index (χ4v) is 1.99. The molecular weight excluding hydrogens is 248 g/mol. The average molecular weight is 269 g/mol. The van der Waals surface area contributed by atoms with Crippen molar-refractivity contribution in [2.24, 2.45) is 5.92 Å². The molecule has 1 fully saturated rings. The van der Waals surface area contributed by atoms with Crippen LogP contribution < -0.4 is 5.32 Å². The first-order chi connectivity index (χ1) is 8.18. The molecule has 0 bridgehead atoms. The van der Waals surface area contributed by atoms with E-state index in [1.807, 2.05) is 23.1 Å². The molecule has 1 heterocycles. The Morgan fingerprint density at radius 1 is 1.33 bits per heavy atom. The van der Waals surface area contributed by atoms with Crippen molar-refractivity contribution in [3.8, 4) is 0 Å². The third-order valence-electron chi connectivity index (χ3n) is 3.23. The van der Waals surface area contributed by atoms with E-state index in [1.165, 1.54) is 5.56 Å². The minimum atomic E-state index is 0. The van der Waals surface area contributed by atoms with E-state index >= 15 is 0 Å². The van der Waals surface area contributed by atoms with Gasteiger partial charge in [0.1, 0.15) is 0 Å². The molecule has 1 aliphatic rings. The number of hydrogen-bond donors (Lipinski definition) is 1. The van der Waals surface area contributed by atoms with E-state index in [4.69, 9.17) is 0 Å². The van der Waals surface area contributed by atoms with Gasteiger partial charge in [-0.1, -0.05) is 30.3 Å². The third kappa shape index (κ3) is 3.47. The fraction of sp³-hybridized carbons (Fsp3) is 0.500. The highest BCUT2D eigenvalue weighted by atomic mass is 35.5. The molecule has 2 rings (SSSR count). The number of amides is 1. The molecule has 0 saturated carbocycles. The summed E-state index contributed by atoms with van der Waals surface area (Å²) in [5.74, 6) is 0.462. The molecule has 1 saturated heterocycles. The summed E-state index contributed by atoms with van der Waals surface area (Å²) < 4.78 is 0. The molecular formula is C14H21ClN2O. The van der Waals surface area contributed by atoms with Crippen molar-refractivity contribution in [3.63, 3.8) is 0 Å². The highest BCUT2D eigenvalue weighted by Gasteiger charge is 2.30. The number of benzene rings is 1. The maximum atomic E-state index is 12.3. The topological polar surface area (TPSA) is 32.3 Å². The fourth-order valence-electron chi connectivity index (χ4n) is 1.99. The monoisotopic (exact) mass is 268 g/mol. The molecule has 1 aromatic carbocycles.